The third-order valence-electron chi connectivity index (χ3n) is 4.01. The lowest BCUT2D eigenvalue weighted by Crippen LogP contribution is -2.50. The summed E-state index contributed by atoms with van der Waals surface area (Å²) in [7, 11) is 3.37. The summed E-state index contributed by atoms with van der Waals surface area (Å²) in [6.07, 6.45) is -0.695. The number of hydrogen-bond donors (Lipinski definition) is 0. The Kier molecular flexibility index (Phi) is 4.32. The van der Waals surface area contributed by atoms with E-state index in [9.17, 15) is 9.59 Å². The van der Waals surface area contributed by atoms with Gasteiger partial charge in [-0.15, -0.1) is 11.3 Å². The predicted octanol–water partition coefficient (Wildman–Crippen LogP) is 2.86. The summed E-state index contributed by atoms with van der Waals surface area (Å²) in [6, 6.07) is 9.24. The highest BCUT2D eigenvalue weighted by Crippen LogP contribution is 2.35. The molecule has 0 saturated heterocycles. The molecule has 0 aliphatic carbocycles. The molecule has 1 aromatic heterocycles. The fraction of sp³-hybridized carbons (Fsp3) is 0.333. The van der Waals surface area contributed by atoms with Gasteiger partial charge in [-0.05, 0) is 32.0 Å². The maximum absolute atomic E-state index is 13.1. The number of para-hydroxylation sites is 2. The van der Waals surface area contributed by atoms with E-state index in [2.05, 4.69) is 0 Å². The van der Waals surface area contributed by atoms with Crippen molar-refractivity contribution in [2.75, 3.05) is 25.5 Å². The number of hydrogen-bond acceptors (Lipinski definition) is 4. The van der Waals surface area contributed by atoms with Gasteiger partial charge in [-0.3, -0.25) is 9.59 Å². The van der Waals surface area contributed by atoms with E-state index < -0.39 is 6.10 Å². The summed E-state index contributed by atoms with van der Waals surface area (Å²) in [4.78, 5) is 30.7. The second-order valence-electron chi connectivity index (χ2n) is 6.05. The zero-order valence-corrected chi connectivity index (χ0v) is 15.0. The molecule has 2 aromatic rings. The highest BCUT2D eigenvalue weighted by Gasteiger charge is 2.35. The molecule has 0 spiro atoms. The summed E-state index contributed by atoms with van der Waals surface area (Å²) in [6.45, 7) is 4.14. The molecule has 0 bridgehead atoms. The molecule has 126 valence electrons. The average Bonchev–Trinajstić information content (AvgIpc) is 2.90. The number of nitrogens with zero attached hydrogens (tertiary/aromatic N) is 2. The standard InChI is InChI=1S/C18H20N2O3S/c1-11-9-13(12(2)24-11)17(21)20-10-16(18(22)19(3)4)23-15-8-6-5-7-14(15)20/h5-9,16H,10H2,1-4H3. The van der Waals surface area contributed by atoms with E-state index in [1.54, 1.807) is 36.4 Å². The molecular formula is C18H20N2O3S. The highest BCUT2D eigenvalue weighted by atomic mass is 32.1. The van der Waals surface area contributed by atoms with E-state index in [1.807, 2.05) is 38.1 Å². The van der Waals surface area contributed by atoms with E-state index in [0.717, 1.165) is 9.75 Å². The zero-order chi connectivity index (χ0) is 17.4. The van der Waals surface area contributed by atoms with E-state index in [-0.39, 0.29) is 18.4 Å². The van der Waals surface area contributed by atoms with Gasteiger partial charge in [-0.2, -0.15) is 0 Å². The lowest BCUT2D eigenvalue weighted by atomic mass is 10.1. The van der Waals surface area contributed by atoms with Crippen molar-refractivity contribution in [1.29, 1.82) is 0 Å². The number of likely N-dealkylation sites (N-methyl/N-ethyl adjacent to an activating group) is 1. The Morgan fingerprint density at radius 1 is 1.25 bits per heavy atom. The third-order valence-corrected chi connectivity index (χ3v) is 4.97. The topological polar surface area (TPSA) is 49.9 Å². The summed E-state index contributed by atoms with van der Waals surface area (Å²) in [5.74, 6) is 0.312. The molecule has 1 unspecified atom stereocenters. The SMILES string of the molecule is Cc1cc(C(=O)N2CC(C(=O)N(C)C)Oc3ccccc32)c(C)s1. The van der Waals surface area contributed by atoms with Gasteiger partial charge in [0, 0.05) is 23.8 Å². The average molecular weight is 344 g/mol. The van der Waals surface area contributed by atoms with Crippen LogP contribution in [-0.2, 0) is 4.79 Å². The van der Waals surface area contributed by atoms with Gasteiger partial charge in [-0.25, -0.2) is 0 Å². The summed E-state index contributed by atoms with van der Waals surface area (Å²) in [5, 5.41) is 0. The fourth-order valence-electron chi connectivity index (χ4n) is 2.83. The largest absolute Gasteiger partial charge is 0.476 e. The van der Waals surface area contributed by atoms with Crippen molar-refractivity contribution in [3.8, 4) is 5.75 Å². The maximum atomic E-state index is 13.1. The molecular weight excluding hydrogens is 324 g/mol. The maximum Gasteiger partial charge on any atom is 0.265 e. The smallest absolute Gasteiger partial charge is 0.265 e. The van der Waals surface area contributed by atoms with E-state index in [4.69, 9.17) is 4.74 Å². The molecule has 1 atom stereocenters. The Balaban J connectivity index is 2.00. The van der Waals surface area contributed by atoms with E-state index in [0.29, 0.717) is 17.0 Å². The number of amides is 2. The molecule has 6 heteroatoms. The second-order valence-corrected chi connectivity index (χ2v) is 7.51. The molecule has 24 heavy (non-hydrogen) atoms. The van der Waals surface area contributed by atoms with Gasteiger partial charge >= 0.3 is 0 Å². The van der Waals surface area contributed by atoms with Crippen molar-refractivity contribution in [3.05, 3.63) is 45.6 Å². The van der Waals surface area contributed by atoms with Crippen molar-refractivity contribution in [1.82, 2.24) is 4.90 Å². The van der Waals surface area contributed by atoms with Crippen LogP contribution in [0.2, 0.25) is 0 Å². The van der Waals surface area contributed by atoms with Gasteiger partial charge in [0.2, 0.25) is 0 Å². The summed E-state index contributed by atoms with van der Waals surface area (Å²) < 4.78 is 5.82. The first kappa shape index (κ1) is 16.5. The van der Waals surface area contributed by atoms with Crippen LogP contribution < -0.4 is 9.64 Å². The Bertz CT molecular complexity index is 797. The molecule has 5 nitrogen and oxygen atoms in total. The van der Waals surface area contributed by atoms with Crippen LogP contribution >= 0.6 is 11.3 Å². The van der Waals surface area contributed by atoms with Crippen LogP contribution in [0.4, 0.5) is 5.69 Å². The molecule has 0 fully saturated rings. The molecule has 3 rings (SSSR count). The number of fused-ring (bicyclic) bond motifs is 1. The number of rotatable bonds is 2. The molecule has 2 heterocycles. The fourth-order valence-corrected chi connectivity index (χ4v) is 3.75. The number of benzene rings is 1. The quantitative estimate of drug-likeness (QED) is 0.842. The Hall–Kier alpha value is -2.34. The van der Waals surface area contributed by atoms with Gasteiger partial charge in [0.05, 0.1) is 17.8 Å². The number of ether oxygens (including phenoxy) is 1. The van der Waals surface area contributed by atoms with Crippen LogP contribution in [0.1, 0.15) is 20.1 Å². The first-order valence-electron chi connectivity index (χ1n) is 7.74. The normalized spacial score (nSPS) is 16.3. The molecule has 1 aromatic carbocycles. The molecule has 2 amide bonds. The Morgan fingerprint density at radius 3 is 2.58 bits per heavy atom. The molecule has 1 aliphatic heterocycles. The minimum absolute atomic E-state index is 0.0934. The van der Waals surface area contributed by atoms with Gasteiger partial charge < -0.3 is 14.5 Å². The number of thiophene rings is 1. The highest BCUT2D eigenvalue weighted by molar-refractivity contribution is 7.12. The van der Waals surface area contributed by atoms with E-state index >= 15 is 0 Å². The van der Waals surface area contributed by atoms with Crippen LogP contribution in [0.3, 0.4) is 0 Å². The van der Waals surface area contributed by atoms with E-state index in [1.165, 1.54) is 4.90 Å². The van der Waals surface area contributed by atoms with Crippen LogP contribution in [0, 0.1) is 13.8 Å². The van der Waals surface area contributed by atoms with Crippen LogP contribution in [-0.4, -0.2) is 43.5 Å². The number of anilines is 1. The Morgan fingerprint density at radius 2 is 1.96 bits per heavy atom. The number of carbonyl (C=O) groups is 2. The Labute approximate surface area is 145 Å². The molecule has 0 saturated carbocycles. The van der Waals surface area contributed by atoms with Crippen molar-refractivity contribution < 1.29 is 14.3 Å². The first-order chi connectivity index (χ1) is 11.4. The zero-order valence-electron chi connectivity index (χ0n) is 14.2. The van der Waals surface area contributed by atoms with Crippen LogP contribution in [0.15, 0.2) is 30.3 Å². The van der Waals surface area contributed by atoms with Gasteiger partial charge in [0.25, 0.3) is 11.8 Å². The van der Waals surface area contributed by atoms with Crippen molar-refractivity contribution >= 4 is 28.8 Å². The molecule has 0 N–H and O–H groups in total. The lowest BCUT2D eigenvalue weighted by Gasteiger charge is -2.35. The minimum Gasteiger partial charge on any atom is -0.476 e. The van der Waals surface area contributed by atoms with Crippen LogP contribution in [0.5, 0.6) is 5.75 Å². The van der Waals surface area contributed by atoms with Crippen LogP contribution in [0.25, 0.3) is 0 Å². The molecule has 0 radical (unpaired) electrons. The van der Waals surface area contributed by atoms with Crippen molar-refractivity contribution in [2.24, 2.45) is 0 Å². The summed E-state index contributed by atoms with van der Waals surface area (Å²) >= 11 is 1.60. The van der Waals surface area contributed by atoms with Crippen molar-refractivity contribution in [2.45, 2.75) is 20.0 Å². The van der Waals surface area contributed by atoms with Gasteiger partial charge in [0.15, 0.2) is 6.10 Å². The van der Waals surface area contributed by atoms with Gasteiger partial charge in [0.1, 0.15) is 5.75 Å². The molecule has 1 aliphatic rings. The lowest BCUT2D eigenvalue weighted by molar-refractivity contribution is -0.135. The van der Waals surface area contributed by atoms with Crippen molar-refractivity contribution in [3.63, 3.8) is 0 Å². The third kappa shape index (κ3) is 2.89. The van der Waals surface area contributed by atoms with Gasteiger partial charge in [-0.1, -0.05) is 12.1 Å². The number of carbonyl (C=O) groups excluding carboxylic acids is 2. The second kappa shape index (κ2) is 6.28. The summed E-state index contributed by atoms with van der Waals surface area (Å²) in [5.41, 5.74) is 1.39. The number of aryl methyl sites for hydroxylation is 2. The first-order valence-corrected chi connectivity index (χ1v) is 8.56. The predicted molar refractivity (Wildman–Crippen MR) is 95.0 cm³/mol. The minimum atomic E-state index is -0.695. The monoisotopic (exact) mass is 344 g/mol.